The Labute approximate surface area is 137 Å². The van der Waals surface area contributed by atoms with E-state index in [1.165, 1.54) is 5.56 Å². The highest BCUT2D eigenvalue weighted by Crippen LogP contribution is 2.24. The third-order valence-electron chi connectivity index (χ3n) is 4.54. The fraction of sp³-hybridized carbons (Fsp3) is 0.500. The fourth-order valence-electron chi connectivity index (χ4n) is 3.25. The van der Waals surface area contributed by atoms with Crippen molar-refractivity contribution in [1.29, 1.82) is 0 Å². The highest BCUT2D eigenvalue weighted by molar-refractivity contribution is 5.76. The molecule has 1 aromatic heterocycles. The molecule has 0 saturated carbocycles. The van der Waals surface area contributed by atoms with E-state index in [0.717, 1.165) is 51.0 Å². The molecule has 3 rings (SSSR count). The Hall–Kier alpha value is -2.17. The largest absolute Gasteiger partial charge is 0.342 e. The Morgan fingerprint density at radius 1 is 1.26 bits per heavy atom. The Balaban J connectivity index is 1.41. The summed E-state index contributed by atoms with van der Waals surface area (Å²) in [6.07, 6.45) is 7.38. The molecule has 1 fully saturated rings. The van der Waals surface area contributed by atoms with Gasteiger partial charge in [-0.25, -0.2) is 4.98 Å². The third-order valence-corrected chi connectivity index (χ3v) is 4.54. The first kappa shape index (κ1) is 15.7. The topological polar surface area (TPSA) is 61.9 Å². The van der Waals surface area contributed by atoms with Crippen LogP contribution >= 0.6 is 0 Å². The smallest absolute Gasteiger partial charge is 0.222 e. The van der Waals surface area contributed by atoms with Crippen molar-refractivity contribution in [3.8, 4) is 0 Å². The van der Waals surface area contributed by atoms with Crippen LogP contribution in [0.25, 0.3) is 0 Å². The molecule has 1 aromatic carbocycles. The van der Waals surface area contributed by atoms with Gasteiger partial charge in [0.15, 0.2) is 0 Å². The van der Waals surface area contributed by atoms with Crippen molar-refractivity contribution in [2.45, 2.75) is 44.4 Å². The van der Waals surface area contributed by atoms with Crippen LogP contribution in [0.4, 0.5) is 0 Å². The van der Waals surface area contributed by atoms with Gasteiger partial charge in [0.1, 0.15) is 12.2 Å². The number of aromatic amines is 1. The lowest BCUT2D eigenvalue weighted by Crippen LogP contribution is -2.39. The molecule has 122 valence electrons. The van der Waals surface area contributed by atoms with E-state index in [1.54, 1.807) is 6.33 Å². The van der Waals surface area contributed by atoms with Crippen LogP contribution in [0.3, 0.4) is 0 Å². The monoisotopic (exact) mass is 312 g/mol. The van der Waals surface area contributed by atoms with E-state index in [2.05, 4.69) is 39.4 Å². The van der Waals surface area contributed by atoms with Crippen molar-refractivity contribution < 1.29 is 4.79 Å². The van der Waals surface area contributed by atoms with Gasteiger partial charge in [0, 0.05) is 25.4 Å². The molecule has 0 aliphatic carbocycles. The summed E-state index contributed by atoms with van der Waals surface area (Å²) >= 11 is 0. The van der Waals surface area contributed by atoms with Crippen molar-refractivity contribution in [3.05, 3.63) is 48.0 Å². The maximum absolute atomic E-state index is 12.4. The van der Waals surface area contributed by atoms with Crippen molar-refractivity contribution in [2.75, 3.05) is 13.1 Å². The van der Waals surface area contributed by atoms with Gasteiger partial charge >= 0.3 is 0 Å². The quantitative estimate of drug-likeness (QED) is 0.834. The molecule has 0 spiro atoms. The van der Waals surface area contributed by atoms with Crippen LogP contribution in [0.2, 0.25) is 0 Å². The number of amides is 1. The minimum absolute atomic E-state index is 0.280. The predicted molar refractivity (Wildman–Crippen MR) is 88.9 cm³/mol. The van der Waals surface area contributed by atoms with Gasteiger partial charge in [0.25, 0.3) is 0 Å². The number of rotatable bonds is 6. The van der Waals surface area contributed by atoms with Gasteiger partial charge in [-0.2, -0.15) is 5.10 Å². The average molecular weight is 312 g/mol. The summed E-state index contributed by atoms with van der Waals surface area (Å²) in [7, 11) is 0. The number of benzene rings is 1. The summed E-state index contributed by atoms with van der Waals surface area (Å²) in [4.78, 5) is 18.6. The number of nitrogens with one attached hydrogen (secondary N) is 1. The van der Waals surface area contributed by atoms with Gasteiger partial charge in [0.2, 0.25) is 5.91 Å². The number of aromatic nitrogens is 3. The lowest BCUT2D eigenvalue weighted by molar-refractivity contribution is -0.132. The van der Waals surface area contributed by atoms with Crippen LogP contribution < -0.4 is 0 Å². The van der Waals surface area contributed by atoms with Crippen molar-refractivity contribution in [1.82, 2.24) is 20.1 Å². The number of carbonyl (C=O) groups is 1. The SMILES string of the molecule is O=C(CCCCc1ccccc1)N1CCC[C@@H](c2ncn[nH]2)C1. The molecule has 1 N–H and O–H groups in total. The second-order valence-electron chi connectivity index (χ2n) is 6.24. The summed E-state index contributed by atoms with van der Waals surface area (Å²) < 4.78 is 0. The van der Waals surface area contributed by atoms with Gasteiger partial charge in [0.05, 0.1) is 0 Å². The number of aryl methyl sites for hydroxylation is 1. The number of H-pyrrole nitrogens is 1. The van der Waals surface area contributed by atoms with Crippen LogP contribution in [0, 0.1) is 0 Å². The Morgan fingerprint density at radius 2 is 2.13 bits per heavy atom. The van der Waals surface area contributed by atoms with Gasteiger partial charge < -0.3 is 4.90 Å². The van der Waals surface area contributed by atoms with Crippen LogP contribution in [-0.4, -0.2) is 39.1 Å². The number of likely N-dealkylation sites (tertiary alicyclic amines) is 1. The molecule has 5 nitrogen and oxygen atoms in total. The van der Waals surface area contributed by atoms with E-state index in [4.69, 9.17) is 0 Å². The number of hydrogen-bond donors (Lipinski definition) is 1. The molecule has 5 heteroatoms. The number of piperidine rings is 1. The van der Waals surface area contributed by atoms with E-state index in [1.807, 2.05) is 11.0 Å². The molecular weight excluding hydrogens is 288 g/mol. The molecule has 2 aromatic rings. The van der Waals surface area contributed by atoms with Gasteiger partial charge in [-0.15, -0.1) is 0 Å². The maximum atomic E-state index is 12.4. The van der Waals surface area contributed by atoms with Crippen LogP contribution in [0.5, 0.6) is 0 Å². The van der Waals surface area contributed by atoms with E-state index in [9.17, 15) is 4.79 Å². The Bertz CT molecular complexity index is 597. The fourth-order valence-corrected chi connectivity index (χ4v) is 3.25. The predicted octanol–water partition coefficient (Wildman–Crippen LogP) is 2.92. The number of nitrogens with zero attached hydrogens (tertiary/aromatic N) is 3. The van der Waals surface area contributed by atoms with Crippen LogP contribution in [0.15, 0.2) is 36.7 Å². The Kier molecular flexibility index (Phi) is 5.40. The molecule has 0 unspecified atom stereocenters. The first-order valence-corrected chi connectivity index (χ1v) is 8.50. The summed E-state index contributed by atoms with van der Waals surface area (Å²) in [6, 6.07) is 10.5. The van der Waals surface area contributed by atoms with Gasteiger partial charge in [-0.1, -0.05) is 30.3 Å². The minimum Gasteiger partial charge on any atom is -0.342 e. The van der Waals surface area contributed by atoms with Gasteiger partial charge in [-0.05, 0) is 37.7 Å². The first-order valence-electron chi connectivity index (χ1n) is 8.50. The van der Waals surface area contributed by atoms with Gasteiger partial charge in [-0.3, -0.25) is 9.89 Å². The molecule has 1 aliphatic rings. The lowest BCUT2D eigenvalue weighted by Gasteiger charge is -2.31. The molecule has 1 aliphatic heterocycles. The zero-order valence-electron chi connectivity index (χ0n) is 13.4. The van der Waals surface area contributed by atoms with Crippen LogP contribution in [0.1, 0.15) is 49.4 Å². The molecular formula is C18H24N4O. The standard InChI is InChI=1S/C18H24N4O/c23-17(11-5-4-9-15-7-2-1-3-8-15)22-12-6-10-16(13-22)18-19-14-20-21-18/h1-3,7-8,14,16H,4-6,9-13H2,(H,19,20,21)/t16-/m1/s1. The van der Waals surface area contributed by atoms with Crippen molar-refractivity contribution in [2.24, 2.45) is 0 Å². The average Bonchev–Trinajstić information content (AvgIpc) is 3.14. The normalized spacial score (nSPS) is 18.1. The summed E-state index contributed by atoms with van der Waals surface area (Å²) in [6.45, 7) is 1.65. The molecule has 1 amide bonds. The van der Waals surface area contributed by atoms with E-state index in [0.29, 0.717) is 12.3 Å². The number of carbonyl (C=O) groups excluding carboxylic acids is 1. The molecule has 1 atom stereocenters. The number of hydrogen-bond acceptors (Lipinski definition) is 3. The van der Waals surface area contributed by atoms with Crippen molar-refractivity contribution >= 4 is 5.91 Å². The molecule has 2 heterocycles. The molecule has 0 bridgehead atoms. The Morgan fingerprint density at radius 3 is 2.91 bits per heavy atom. The first-order chi connectivity index (χ1) is 11.3. The minimum atomic E-state index is 0.280. The summed E-state index contributed by atoms with van der Waals surface area (Å²) in [5.74, 6) is 1.49. The second kappa shape index (κ2) is 7.90. The zero-order chi connectivity index (χ0) is 15.9. The molecule has 23 heavy (non-hydrogen) atoms. The van der Waals surface area contributed by atoms with Crippen LogP contribution in [-0.2, 0) is 11.2 Å². The highest BCUT2D eigenvalue weighted by atomic mass is 16.2. The lowest BCUT2D eigenvalue weighted by atomic mass is 9.97. The highest BCUT2D eigenvalue weighted by Gasteiger charge is 2.25. The summed E-state index contributed by atoms with van der Waals surface area (Å²) in [5.41, 5.74) is 1.35. The molecule has 1 saturated heterocycles. The number of unbranched alkanes of at least 4 members (excludes halogenated alkanes) is 1. The maximum Gasteiger partial charge on any atom is 0.222 e. The van der Waals surface area contributed by atoms with Crippen molar-refractivity contribution in [3.63, 3.8) is 0 Å². The molecule has 0 radical (unpaired) electrons. The van der Waals surface area contributed by atoms with E-state index in [-0.39, 0.29) is 5.91 Å². The summed E-state index contributed by atoms with van der Waals surface area (Å²) in [5, 5.41) is 6.85. The third kappa shape index (κ3) is 4.41. The van der Waals surface area contributed by atoms with E-state index >= 15 is 0 Å². The zero-order valence-corrected chi connectivity index (χ0v) is 13.4. The second-order valence-corrected chi connectivity index (χ2v) is 6.24. The van der Waals surface area contributed by atoms with E-state index < -0.39 is 0 Å².